The van der Waals surface area contributed by atoms with Gasteiger partial charge in [0, 0.05) is 29.6 Å². The zero-order chi connectivity index (χ0) is 20.1. The molecule has 1 aromatic heterocycles. The first-order valence-corrected chi connectivity index (χ1v) is 9.78. The zero-order valence-corrected chi connectivity index (χ0v) is 16.4. The summed E-state index contributed by atoms with van der Waals surface area (Å²) in [7, 11) is 0. The maximum atomic E-state index is 12.5. The molecule has 4 heteroatoms. The lowest BCUT2D eigenvalue weighted by molar-refractivity contribution is -0.123. The molecule has 0 aliphatic heterocycles. The average Bonchev–Trinajstić information content (AvgIpc) is 3.18. The van der Waals surface area contributed by atoms with Crippen molar-refractivity contribution in [2.45, 2.75) is 12.8 Å². The molecule has 0 radical (unpaired) electrons. The summed E-state index contributed by atoms with van der Waals surface area (Å²) in [6, 6.07) is 26.2. The van der Waals surface area contributed by atoms with Crippen LogP contribution in [0, 0.1) is 6.92 Å². The second-order valence-electron chi connectivity index (χ2n) is 7.11. The second kappa shape index (κ2) is 8.65. The predicted molar refractivity (Wildman–Crippen MR) is 116 cm³/mol. The molecule has 146 valence electrons. The fourth-order valence-corrected chi connectivity index (χ4v) is 3.60. The Labute approximate surface area is 170 Å². The fourth-order valence-electron chi connectivity index (χ4n) is 3.60. The van der Waals surface area contributed by atoms with E-state index in [2.05, 4.69) is 34.6 Å². The first kappa shape index (κ1) is 18.8. The van der Waals surface area contributed by atoms with Gasteiger partial charge in [-0.3, -0.25) is 4.79 Å². The molecule has 1 atom stereocenters. The van der Waals surface area contributed by atoms with Crippen molar-refractivity contribution in [1.29, 1.82) is 0 Å². The van der Waals surface area contributed by atoms with Gasteiger partial charge in [-0.15, -0.1) is 0 Å². The Morgan fingerprint density at radius 2 is 1.69 bits per heavy atom. The fraction of sp³-hybridized carbons (Fsp3) is 0.160. The molecule has 0 saturated carbocycles. The van der Waals surface area contributed by atoms with Crippen LogP contribution in [0.25, 0.3) is 10.9 Å². The zero-order valence-electron chi connectivity index (χ0n) is 16.4. The highest BCUT2D eigenvalue weighted by Crippen LogP contribution is 2.30. The third-order valence-electron chi connectivity index (χ3n) is 5.15. The van der Waals surface area contributed by atoms with Crippen molar-refractivity contribution < 1.29 is 9.53 Å². The third-order valence-corrected chi connectivity index (χ3v) is 5.15. The molecule has 1 amide bonds. The van der Waals surface area contributed by atoms with Crippen LogP contribution < -0.4 is 10.1 Å². The van der Waals surface area contributed by atoms with E-state index in [-0.39, 0.29) is 18.4 Å². The highest BCUT2D eigenvalue weighted by atomic mass is 16.5. The van der Waals surface area contributed by atoms with Gasteiger partial charge in [0.05, 0.1) is 0 Å². The van der Waals surface area contributed by atoms with E-state index in [0.29, 0.717) is 6.54 Å². The Balaban J connectivity index is 1.49. The van der Waals surface area contributed by atoms with Crippen molar-refractivity contribution in [1.82, 2.24) is 10.3 Å². The number of aromatic amines is 1. The summed E-state index contributed by atoms with van der Waals surface area (Å²) in [5.74, 6) is 0.655. The van der Waals surface area contributed by atoms with E-state index in [1.807, 2.05) is 67.7 Å². The van der Waals surface area contributed by atoms with Gasteiger partial charge < -0.3 is 15.0 Å². The van der Waals surface area contributed by atoms with E-state index in [1.54, 1.807) is 0 Å². The van der Waals surface area contributed by atoms with Crippen molar-refractivity contribution in [2.24, 2.45) is 0 Å². The van der Waals surface area contributed by atoms with Crippen molar-refractivity contribution in [2.75, 3.05) is 13.2 Å². The number of H-pyrrole nitrogens is 1. The van der Waals surface area contributed by atoms with Crippen LogP contribution in [0.3, 0.4) is 0 Å². The standard InChI is InChI=1S/C25H24N2O2/c1-18-9-5-8-14-24(18)29-17-25(28)27-15-21(19-10-3-2-4-11-19)22-16-26-23-13-7-6-12-20(22)23/h2-14,16,21,26H,15,17H2,1H3,(H,27,28)/t21-/m1/s1. The predicted octanol–water partition coefficient (Wildman–Crippen LogP) is 4.80. The largest absolute Gasteiger partial charge is 0.484 e. The molecule has 4 nitrogen and oxygen atoms in total. The summed E-state index contributed by atoms with van der Waals surface area (Å²) in [5, 5.41) is 4.22. The number of carbonyl (C=O) groups excluding carboxylic acids is 1. The van der Waals surface area contributed by atoms with Crippen molar-refractivity contribution in [3.8, 4) is 5.75 Å². The topological polar surface area (TPSA) is 54.1 Å². The van der Waals surface area contributed by atoms with Crippen LogP contribution in [-0.2, 0) is 4.79 Å². The van der Waals surface area contributed by atoms with Crippen LogP contribution in [0.1, 0.15) is 22.6 Å². The number of amides is 1. The number of hydrogen-bond donors (Lipinski definition) is 2. The maximum Gasteiger partial charge on any atom is 0.257 e. The van der Waals surface area contributed by atoms with E-state index in [9.17, 15) is 4.79 Å². The van der Waals surface area contributed by atoms with Gasteiger partial charge in [0.25, 0.3) is 5.91 Å². The quantitative estimate of drug-likeness (QED) is 0.481. The van der Waals surface area contributed by atoms with Gasteiger partial charge in [-0.1, -0.05) is 66.7 Å². The number of fused-ring (bicyclic) bond motifs is 1. The lowest BCUT2D eigenvalue weighted by atomic mass is 9.91. The average molecular weight is 384 g/mol. The Hall–Kier alpha value is -3.53. The molecular formula is C25H24N2O2. The number of benzene rings is 3. The number of nitrogens with one attached hydrogen (secondary N) is 2. The number of hydrogen-bond acceptors (Lipinski definition) is 2. The molecule has 4 aromatic rings. The second-order valence-corrected chi connectivity index (χ2v) is 7.11. The molecule has 0 fully saturated rings. The Bertz CT molecular complexity index is 1100. The summed E-state index contributed by atoms with van der Waals surface area (Å²) >= 11 is 0. The molecule has 0 saturated heterocycles. The highest BCUT2D eigenvalue weighted by Gasteiger charge is 2.19. The monoisotopic (exact) mass is 384 g/mol. The number of aromatic nitrogens is 1. The molecule has 0 aliphatic carbocycles. The Morgan fingerprint density at radius 1 is 0.966 bits per heavy atom. The first-order valence-electron chi connectivity index (χ1n) is 9.78. The number of rotatable bonds is 7. The smallest absolute Gasteiger partial charge is 0.257 e. The van der Waals surface area contributed by atoms with Gasteiger partial charge in [-0.2, -0.15) is 0 Å². The summed E-state index contributed by atoms with van der Waals surface area (Å²) < 4.78 is 5.68. The highest BCUT2D eigenvalue weighted by molar-refractivity contribution is 5.84. The van der Waals surface area contributed by atoms with Crippen LogP contribution in [0.2, 0.25) is 0 Å². The third kappa shape index (κ3) is 4.32. The summed E-state index contributed by atoms with van der Waals surface area (Å²) in [5.41, 5.74) is 4.45. The van der Waals surface area contributed by atoms with Crippen molar-refractivity contribution in [3.63, 3.8) is 0 Å². The minimum atomic E-state index is -0.131. The molecule has 2 N–H and O–H groups in total. The maximum absolute atomic E-state index is 12.5. The van der Waals surface area contributed by atoms with Gasteiger partial charge in [-0.05, 0) is 35.7 Å². The number of para-hydroxylation sites is 2. The van der Waals surface area contributed by atoms with Gasteiger partial charge >= 0.3 is 0 Å². The molecule has 0 unspecified atom stereocenters. The first-order chi connectivity index (χ1) is 14.2. The lowest BCUT2D eigenvalue weighted by Gasteiger charge is -2.18. The van der Waals surface area contributed by atoms with Crippen LogP contribution >= 0.6 is 0 Å². The van der Waals surface area contributed by atoms with Gasteiger partial charge in [0.2, 0.25) is 0 Å². The molecule has 0 spiro atoms. The Kier molecular flexibility index (Phi) is 5.61. The van der Waals surface area contributed by atoms with E-state index >= 15 is 0 Å². The van der Waals surface area contributed by atoms with Crippen molar-refractivity contribution in [3.05, 3.63) is 102 Å². The van der Waals surface area contributed by atoms with E-state index in [0.717, 1.165) is 22.4 Å². The summed E-state index contributed by atoms with van der Waals surface area (Å²) in [4.78, 5) is 15.8. The molecule has 0 bridgehead atoms. The molecule has 4 rings (SSSR count). The summed E-state index contributed by atoms with van der Waals surface area (Å²) in [6.45, 7) is 2.47. The van der Waals surface area contributed by atoms with Crippen LogP contribution in [0.5, 0.6) is 5.75 Å². The normalized spacial score (nSPS) is 11.9. The molecule has 29 heavy (non-hydrogen) atoms. The minimum absolute atomic E-state index is 0.000246. The SMILES string of the molecule is Cc1ccccc1OCC(=O)NC[C@H](c1ccccc1)c1c[nH]c2ccccc12. The van der Waals surface area contributed by atoms with Gasteiger partial charge in [-0.25, -0.2) is 0 Å². The van der Waals surface area contributed by atoms with Gasteiger partial charge in [0.15, 0.2) is 6.61 Å². The van der Waals surface area contributed by atoms with Crippen molar-refractivity contribution >= 4 is 16.8 Å². The molecule has 1 heterocycles. The number of aryl methyl sites for hydroxylation is 1. The van der Waals surface area contributed by atoms with Crippen LogP contribution in [0.15, 0.2) is 85.1 Å². The van der Waals surface area contributed by atoms with E-state index in [1.165, 1.54) is 10.9 Å². The number of ether oxygens (including phenoxy) is 1. The van der Waals surface area contributed by atoms with E-state index in [4.69, 9.17) is 4.74 Å². The molecular weight excluding hydrogens is 360 g/mol. The molecule has 3 aromatic carbocycles. The minimum Gasteiger partial charge on any atom is -0.484 e. The Morgan fingerprint density at radius 3 is 2.52 bits per heavy atom. The molecule has 0 aliphatic rings. The van der Waals surface area contributed by atoms with Gasteiger partial charge in [0.1, 0.15) is 5.75 Å². The van der Waals surface area contributed by atoms with Crippen LogP contribution in [-0.4, -0.2) is 24.0 Å². The van der Waals surface area contributed by atoms with E-state index < -0.39 is 0 Å². The number of carbonyl (C=O) groups is 1. The van der Waals surface area contributed by atoms with Crippen LogP contribution in [0.4, 0.5) is 0 Å². The lowest BCUT2D eigenvalue weighted by Crippen LogP contribution is -2.32. The summed E-state index contributed by atoms with van der Waals surface area (Å²) in [6.07, 6.45) is 2.04.